The second-order valence-corrected chi connectivity index (χ2v) is 34.4. The van der Waals surface area contributed by atoms with Crippen LogP contribution in [0.2, 0.25) is 5.02 Å². The predicted octanol–water partition coefficient (Wildman–Crippen LogP) is -1.90. The number of nitrogens with one attached hydrogen (secondary N) is 13. The molecule has 3 aromatic heterocycles. The molecule has 6 aromatic rings. The number of para-hydroxylation sites is 2. The molecule has 3 aromatic carbocycles. The molecule has 17 amide bonds. The molecule has 0 aliphatic carbocycles. The Kier molecular flexibility index (Phi) is 41.6. The first kappa shape index (κ1) is 106. The van der Waals surface area contributed by atoms with E-state index in [9.17, 15) is 67.7 Å². The molecule has 44 heteroatoms. The summed E-state index contributed by atoms with van der Waals surface area (Å²) in [6, 6.07) is 2.30. The van der Waals surface area contributed by atoms with Crippen LogP contribution in [0.4, 0.5) is 4.79 Å². The van der Waals surface area contributed by atoms with Gasteiger partial charge in [0.15, 0.2) is 0 Å². The van der Waals surface area contributed by atoms with E-state index in [4.69, 9.17) is 33.9 Å². The van der Waals surface area contributed by atoms with E-state index in [0.717, 1.165) is 28.5 Å². The average Bonchev–Trinajstić information content (AvgIpc) is 1.68. The number of aryl methyl sites for hydroxylation is 2. The Balaban J connectivity index is 1.38. The Bertz CT molecular complexity index is 5100. The van der Waals surface area contributed by atoms with Crippen LogP contribution in [0.1, 0.15) is 121 Å². The van der Waals surface area contributed by atoms with E-state index in [2.05, 4.69) is 74.1 Å². The minimum atomic E-state index is -1.99. The van der Waals surface area contributed by atoms with Gasteiger partial charge in [-0.3, -0.25) is 86.5 Å². The molecule has 716 valence electrons. The molecule has 0 bridgehead atoms. The summed E-state index contributed by atoms with van der Waals surface area (Å²) in [7, 11) is 5.90. The Labute approximate surface area is 771 Å². The van der Waals surface area contributed by atoms with Gasteiger partial charge in [-0.15, -0.1) is 11.8 Å². The molecule has 0 unspecified atom stereocenters. The molecule has 7 rings (SSSR count). The van der Waals surface area contributed by atoms with E-state index in [1.807, 2.05) is 0 Å². The van der Waals surface area contributed by atoms with Gasteiger partial charge in [0.2, 0.25) is 88.6 Å². The number of carbonyl (C=O) groups is 18. The van der Waals surface area contributed by atoms with Crippen molar-refractivity contribution in [3.8, 4) is 0 Å². The van der Waals surface area contributed by atoms with Crippen molar-refractivity contribution in [1.82, 2.24) is 93.0 Å². The average molecular weight is 1880 g/mol. The fraction of sp³-hybridized carbons (Fsp3) is 0.489. The number of urea groups is 1. The first-order chi connectivity index (χ1) is 62.6. The molecule has 132 heavy (non-hydrogen) atoms. The molecule has 22 N–H and O–H groups in total. The van der Waals surface area contributed by atoms with Crippen molar-refractivity contribution >= 4 is 152 Å². The minimum absolute atomic E-state index is 0.0156. The zero-order valence-electron chi connectivity index (χ0n) is 74.8. The van der Waals surface area contributed by atoms with Crippen LogP contribution in [-0.4, -0.2) is 276 Å². The van der Waals surface area contributed by atoms with Crippen LogP contribution in [0.15, 0.2) is 110 Å². The number of aliphatic hydroxyl groups is 1. The number of carbonyl (C=O) groups excluding carboxylic acids is 16. The molecule has 1 aliphatic heterocycles. The number of aliphatic carboxylic acids is 2. The van der Waals surface area contributed by atoms with Gasteiger partial charge in [-0.1, -0.05) is 80.0 Å². The maximum atomic E-state index is 16.0. The van der Waals surface area contributed by atoms with Crippen molar-refractivity contribution in [3.63, 3.8) is 0 Å². The first-order valence-electron chi connectivity index (χ1n) is 43.1. The van der Waals surface area contributed by atoms with Gasteiger partial charge in [-0.05, 0) is 124 Å². The highest BCUT2D eigenvalue weighted by atomic mass is 35.5. The highest BCUT2D eigenvalue weighted by Crippen LogP contribution is 2.26. The van der Waals surface area contributed by atoms with Gasteiger partial charge in [-0.25, -0.2) is 4.79 Å². The fourth-order valence-electron chi connectivity index (χ4n) is 15.0. The lowest BCUT2D eigenvalue weighted by Gasteiger charge is -2.33. The van der Waals surface area contributed by atoms with E-state index < -0.39 is 222 Å². The second-order valence-electron chi connectivity index (χ2n) is 32.9. The van der Waals surface area contributed by atoms with Crippen LogP contribution in [0, 0.1) is 5.92 Å². The number of halogens is 1. The van der Waals surface area contributed by atoms with Crippen molar-refractivity contribution in [2.75, 3.05) is 51.8 Å². The van der Waals surface area contributed by atoms with E-state index in [0.29, 0.717) is 44.1 Å². The maximum absolute atomic E-state index is 16.0. The van der Waals surface area contributed by atoms with Gasteiger partial charge in [-0.2, -0.15) is 0 Å². The topological polar surface area (TPSA) is 632 Å². The fourth-order valence-corrected chi connectivity index (χ4v) is 16.0. The van der Waals surface area contributed by atoms with Crippen molar-refractivity contribution < 1.29 is 102 Å². The Morgan fingerprint density at radius 2 is 1.00 bits per heavy atom. The molecular formula is C88H120ClN21O21S. The number of aromatic nitrogens is 3. The zero-order chi connectivity index (χ0) is 97.2. The number of nitrogens with zero attached hydrogens (tertiary/aromatic N) is 5. The van der Waals surface area contributed by atoms with Crippen LogP contribution in [0.25, 0.3) is 21.8 Å². The molecular weight excluding hydrogens is 1750 g/mol. The molecule has 1 aliphatic rings. The van der Waals surface area contributed by atoms with Crippen LogP contribution in [0.3, 0.4) is 0 Å². The number of rotatable bonds is 32. The molecule has 0 radical (unpaired) electrons. The molecule has 13 atom stereocenters. The standard InChI is InChI=1S/C88H120ClN21O21S/c1-48(2)36-61-79(122)100-60(23-16-27-73(115)116)87(130)110(8)68(37-51-28-30-55(89)31-29-51)83(126)103-62(39-53-44-107(5)66-24-11-9-19-56(53)66)80(123)98-58(21-13-14-33-95-88(131)96-35-34-94-43-74(117)118)77(120)102-63(40-54-45-108(6)67-25-12-10-20-57(54)67)82(125)106-75(50(4)111)85(128)99-59(22-15-26-70(90)112)78(121)105-65(76(92)119)46-132-47-72(114)97-49(3)86(129)109(7)69(38-52-18-17-32-93-42-52)84(127)104-64(41-71(91)113)81(124)101-61/h9-12,17-20,24-25,28-32,42,44-45,48-50,58-65,68-69,75,94,111H,13-16,21-23,26-27,33-41,43,46-47H2,1-8H3,(H2,90,112)(H2,91,113)(H2,92,119)(H,97,114)(H,98,123)(H,99,128)(H,100,122)(H,101,124)(H,102,120)(H,103,126)(H,104,127)(H,105,121)(H,106,125)(H,115,116)(H,117,118)(H2,95,96,131)/t49-,50-,58+,59+,60+,61+,62+,63+,64+,65+,68+,69+,75+/m1/s1. The zero-order valence-corrected chi connectivity index (χ0v) is 76.3. The smallest absolute Gasteiger partial charge is 0.317 e. The molecule has 42 nitrogen and oxygen atoms in total. The number of likely N-dealkylation sites (N-methyl/N-ethyl adjacent to an activating group) is 2. The first-order valence-corrected chi connectivity index (χ1v) is 44.7. The van der Waals surface area contributed by atoms with Crippen molar-refractivity contribution in [2.24, 2.45) is 37.2 Å². The number of carboxylic acid groups (broad SMARTS) is 2. The number of thioether (sulfide) groups is 1. The van der Waals surface area contributed by atoms with E-state index in [1.165, 1.54) is 51.6 Å². The van der Waals surface area contributed by atoms with Crippen LogP contribution < -0.4 is 86.3 Å². The number of primary amides is 3. The van der Waals surface area contributed by atoms with Crippen molar-refractivity contribution in [1.29, 1.82) is 0 Å². The van der Waals surface area contributed by atoms with Gasteiger partial charge in [0.1, 0.15) is 72.5 Å². The van der Waals surface area contributed by atoms with E-state index in [1.54, 1.807) is 116 Å². The molecule has 1 saturated heterocycles. The second kappa shape index (κ2) is 51.9. The lowest BCUT2D eigenvalue weighted by molar-refractivity contribution is -0.143. The SMILES string of the molecule is CC(C)C[C@@H]1NC(=O)[C@H](CC(N)=O)NC(=O)[C@H](Cc2cccnc2)N(C)C(=O)[C@@H](C)NC(=O)CSC[C@@H](C(N)=O)NC(=O)[C@H](CCCC(N)=O)NC(=O)[C@H]([C@@H](C)O)NC(=O)[C@H](Cc2cn(C)c3ccccc23)NC(=O)[C@H](CCCCNC(=O)NCCNCC(=O)O)NC(=O)[C@H](Cc2cn(C)c3ccccc23)NC(=O)[C@H](Cc2ccc(Cl)cc2)N(C)C(=O)[C@H](CCCC(=O)O)NC1=O. The summed E-state index contributed by atoms with van der Waals surface area (Å²) < 4.78 is 3.51. The highest BCUT2D eigenvalue weighted by Gasteiger charge is 2.41. The van der Waals surface area contributed by atoms with Gasteiger partial charge in [0.05, 0.1) is 24.8 Å². The lowest BCUT2D eigenvalue weighted by atomic mass is 9.99. The summed E-state index contributed by atoms with van der Waals surface area (Å²) in [5, 5.41) is 66.1. The summed E-state index contributed by atoms with van der Waals surface area (Å²) in [5.74, 6) is -19.4. The number of unbranched alkanes of at least 4 members (excludes halogenated alkanes) is 1. The van der Waals surface area contributed by atoms with Gasteiger partial charge < -0.3 is 121 Å². The van der Waals surface area contributed by atoms with E-state index in [-0.39, 0.29) is 108 Å². The summed E-state index contributed by atoms with van der Waals surface area (Å²) >= 11 is 7.16. The van der Waals surface area contributed by atoms with Crippen molar-refractivity contribution in [2.45, 2.75) is 203 Å². The number of carboxylic acids is 2. The monoisotopic (exact) mass is 1870 g/mol. The Morgan fingerprint density at radius 3 is 1.56 bits per heavy atom. The third kappa shape index (κ3) is 33.3. The van der Waals surface area contributed by atoms with Crippen LogP contribution in [-0.2, 0) is 121 Å². The Morgan fingerprint density at radius 1 is 0.508 bits per heavy atom. The predicted molar refractivity (Wildman–Crippen MR) is 486 cm³/mol. The summed E-state index contributed by atoms with van der Waals surface area (Å²) in [6.45, 7) is 5.49. The number of nitrogens with two attached hydrogens (primary N) is 3. The highest BCUT2D eigenvalue weighted by molar-refractivity contribution is 8.00. The number of amides is 17. The molecule has 0 spiro atoms. The molecule has 1 fully saturated rings. The number of pyridine rings is 1. The number of aliphatic hydroxyl groups excluding tert-OH is 1. The molecule has 4 heterocycles. The number of benzene rings is 3. The third-order valence-electron chi connectivity index (χ3n) is 21.9. The normalized spacial score (nSPS) is 22.0. The van der Waals surface area contributed by atoms with Crippen LogP contribution >= 0.6 is 23.4 Å². The molecule has 0 saturated carbocycles. The maximum Gasteiger partial charge on any atom is 0.317 e. The van der Waals surface area contributed by atoms with Crippen LogP contribution in [0.5, 0.6) is 0 Å². The van der Waals surface area contributed by atoms with E-state index >= 15 is 28.8 Å². The number of hydrogen-bond donors (Lipinski definition) is 19. The Hall–Kier alpha value is -13.3. The summed E-state index contributed by atoms with van der Waals surface area (Å²) in [5.41, 5.74) is 20.1. The summed E-state index contributed by atoms with van der Waals surface area (Å²) in [4.78, 5) is 262. The minimum Gasteiger partial charge on any atom is -0.481 e. The number of hydrogen-bond acceptors (Lipinski definition) is 22. The quantitative estimate of drug-likeness (QED) is 0.0205. The van der Waals surface area contributed by atoms with Gasteiger partial charge in [0, 0.05) is 144 Å². The number of fused-ring (bicyclic) bond motifs is 2. The third-order valence-corrected chi connectivity index (χ3v) is 23.2. The van der Waals surface area contributed by atoms with Crippen molar-refractivity contribution in [3.05, 3.63) is 137 Å². The largest absolute Gasteiger partial charge is 0.481 e. The van der Waals surface area contributed by atoms with Gasteiger partial charge in [0.25, 0.3) is 0 Å². The summed E-state index contributed by atoms with van der Waals surface area (Å²) in [6.07, 6.45) is -0.356. The lowest BCUT2D eigenvalue weighted by Crippen LogP contribution is -2.62. The van der Waals surface area contributed by atoms with Gasteiger partial charge >= 0.3 is 18.0 Å².